The van der Waals surface area contributed by atoms with E-state index in [1.807, 2.05) is 0 Å². The number of benzene rings is 1. The Bertz CT molecular complexity index is 435. The lowest BCUT2D eigenvalue weighted by Gasteiger charge is -2.14. The highest BCUT2D eigenvalue weighted by Gasteiger charge is 2.14. The molecule has 0 aromatic heterocycles. The van der Waals surface area contributed by atoms with E-state index in [1.54, 1.807) is 13.0 Å². The molecule has 1 aromatic rings. The SMILES string of the molecule is C=CCNC(=O)CN[C@H](C)c1cccc(F)c1F. The Hall–Kier alpha value is -1.75. The van der Waals surface area contributed by atoms with Gasteiger partial charge < -0.3 is 10.6 Å². The van der Waals surface area contributed by atoms with Gasteiger partial charge in [0.1, 0.15) is 0 Å². The molecule has 1 amide bonds. The third-order valence-corrected chi connectivity index (χ3v) is 2.46. The van der Waals surface area contributed by atoms with E-state index in [0.717, 1.165) is 6.07 Å². The summed E-state index contributed by atoms with van der Waals surface area (Å²) in [6, 6.07) is 3.53. The van der Waals surface area contributed by atoms with Gasteiger partial charge in [-0.15, -0.1) is 6.58 Å². The fourth-order valence-corrected chi connectivity index (χ4v) is 1.46. The topological polar surface area (TPSA) is 41.1 Å². The standard InChI is InChI=1S/C13H16F2N2O/c1-3-7-16-12(18)8-17-9(2)10-5-4-6-11(14)13(10)15/h3-6,9,17H,1,7-8H2,2H3,(H,16,18)/t9-/m1/s1. The number of rotatable bonds is 6. The van der Waals surface area contributed by atoms with E-state index in [4.69, 9.17) is 0 Å². The van der Waals surface area contributed by atoms with Gasteiger partial charge in [0.05, 0.1) is 6.54 Å². The molecule has 0 bridgehead atoms. The molecule has 0 fully saturated rings. The van der Waals surface area contributed by atoms with Crippen LogP contribution in [-0.2, 0) is 4.79 Å². The molecule has 1 aromatic carbocycles. The second kappa shape index (κ2) is 6.86. The predicted molar refractivity (Wildman–Crippen MR) is 66.0 cm³/mol. The van der Waals surface area contributed by atoms with Gasteiger partial charge in [-0.3, -0.25) is 4.79 Å². The highest BCUT2D eigenvalue weighted by atomic mass is 19.2. The van der Waals surface area contributed by atoms with Gasteiger partial charge in [-0.1, -0.05) is 18.2 Å². The Morgan fingerprint density at radius 3 is 2.89 bits per heavy atom. The summed E-state index contributed by atoms with van der Waals surface area (Å²) in [5.74, 6) is -2.00. The summed E-state index contributed by atoms with van der Waals surface area (Å²) in [5.41, 5.74) is 0.200. The van der Waals surface area contributed by atoms with Crippen LogP contribution in [0.15, 0.2) is 30.9 Å². The van der Waals surface area contributed by atoms with Gasteiger partial charge in [-0.2, -0.15) is 0 Å². The van der Waals surface area contributed by atoms with Gasteiger partial charge in [0.15, 0.2) is 11.6 Å². The van der Waals surface area contributed by atoms with Crippen molar-refractivity contribution in [1.82, 2.24) is 10.6 Å². The molecule has 0 unspecified atom stereocenters. The third-order valence-electron chi connectivity index (χ3n) is 2.46. The number of amides is 1. The summed E-state index contributed by atoms with van der Waals surface area (Å²) >= 11 is 0. The van der Waals surface area contributed by atoms with Gasteiger partial charge in [-0.25, -0.2) is 8.78 Å². The zero-order valence-corrected chi connectivity index (χ0v) is 10.2. The van der Waals surface area contributed by atoms with Gasteiger partial charge in [0, 0.05) is 18.2 Å². The van der Waals surface area contributed by atoms with E-state index in [1.165, 1.54) is 12.1 Å². The highest BCUT2D eigenvalue weighted by molar-refractivity contribution is 5.78. The van der Waals surface area contributed by atoms with Crippen molar-refractivity contribution in [1.29, 1.82) is 0 Å². The van der Waals surface area contributed by atoms with E-state index >= 15 is 0 Å². The minimum absolute atomic E-state index is 0.0327. The lowest BCUT2D eigenvalue weighted by atomic mass is 10.1. The molecule has 1 rings (SSSR count). The molecular weight excluding hydrogens is 238 g/mol. The maximum Gasteiger partial charge on any atom is 0.234 e. The number of halogens is 2. The zero-order valence-electron chi connectivity index (χ0n) is 10.2. The molecule has 1 atom stereocenters. The van der Waals surface area contributed by atoms with Crippen LogP contribution in [0, 0.1) is 11.6 Å². The summed E-state index contributed by atoms with van der Waals surface area (Å²) in [6.45, 7) is 5.55. The van der Waals surface area contributed by atoms with E-state index in [0.29, 0.717) is 6.54 Å². The molecule has 0 aliphatic carbocycles. The Morgan fingerprint density at radius 2 is 2.22 bits per heavy atom. The Kier molecular flexibility index (Phi) is 5.45. The minimum atomic E-state index is -0.891. The third kappa shape index (κ3) is 3.92. The number of carbonyl (C=O) groups excluding carboxylic acids is 1. The average Bonchev–Trinajstić information content (AvgIpc) is 2.36. The molecule has 0 saturated carbocycles. The summed E-state index contributed by atoms with van der Waals surface area (Å²) in [6.07, 6.45) is 1.56. The molecule has 0 saturated heterocycles. The normalized spacial score (nSPS) is 11.9. The Labute approximate surface area is 105 Å². The Balaban J connectivity index is 2.55. The van der Waals surface area contributed by atoms with Crippen LogP contribution in [0.4, 0.5) is 8.78 Å². The van der Waals surface area contributed by atoms with Crippen molar-refractivity contribution in [3.05, 3.63) is 48.1 Å². The van der Waals surface area contributed by atoms with Crippen LogP contribution in [0.2, 0.25) is 0 Å². The van der Waals surface area contributed by atoms with Crippen molar-refractivity contribution in [2.45, 2.75) is 13.0 Å². The van der Waals surface area contributed by atoms with Gasteiger partial charge in [0.2, 0.25) is 5.91 Å². The van der Waals surface area contributed by atoms with E-state index < -0.39 is 17.7 Å². The second-order valence-electron chi connectivity index (χ2n) is 3.84. The summed E-state index contributed by atoms with van der Waals surface area (Å²) < 4.78 is 26.5. The first-order chi connectivity index (χ1) is 8.56. The van der Waals surface area contributed by atoms with Gasteiger partial charge in [0.25, 0.3) is 0 Å². The molecule has 18 heavy (non-hydrogen) atoms. The van der Waals surface area contributed by atoms with Crippen LogP contribution in [0.25, 0.3) is 0 Å². The fourth-order valence-electron chi connectivity index (χ4n) is 1.46. The first kappa shape index (κ1) is 14.3. The van der Waals surface area contributed by atoms with Crippen LogP contribution in [0.3, 0.4) is 0 Å². The first-order valence-corrected chi connectivity index (χ1v) is 5.61. The summed E-state index contributed by atoms with van der Waals surface area (Å²) in [7, 11) is 0. The summed E-state index contributed by atoms with van der Waals surface area (Å²) in [4.78, 5) is 11.3. The molecule has 5 heteroatoms. The van der Waals surface area contributed by atoms with Crippen molar-refractivity contribution in [3.63, 3.8) is 0 Å². The van der Waals surface area contributed by atoms with Crippen molar-refractivity contribution in [2.75, 3.05) is 13.1 Å². The molecule has 2 N–H and O–H groups in total. The highest BCUT2D eigenvalue weighted by Crippen LogP contribution is 2.18. The smallest absolute Gasteiger partial charge is 0.234 e. The molecule has 0 aliphatic heterocycles. The van der Waals surface area contributed by atoms with Crippen LogP contribution in [0.5, 0.6) is 0 Å². The zero-order chi connectivity index (χ0) is 13.5. The van der Waals surface area contributed by atoms with Crippen molar-refractivity contribution in [3.8, 4) is 0 Å². The predicted octanol–water partition coefficient (Wildman–Crippen LogP) is 1.92. The van der Waals surface area contributed by atoms with Crippen LogP contribution in [0.1, 0.15) is 18.5 Å². The number of hydrogen-bond donors (Lipinski definition) is 2. The summed E-state index contributed by atoms with van der Waals surface area (Å²) in [5, 5.41) is 5.40. The number of carbonyl (C=O) groups is 1. The molecule has 0 aliphatic rings. The van der Waals surface area contributed by atoms with Crippen molar-refractivity contribution < 1.29 is 13.6 Å². The Morgan fingerprint density at radius 1 is 1.50 bits per heavy atom. The van der Waals surface area contributed by atoms with Crippen molar-refractivity contribution in [2.24, 2.45) is 0 Å². The quantitative estimate of drug-likeness (QED) is 0.761. The van der Waals surface area contributed by atoms with Gasteiger partial charge >= 0.3 is 0 Å². The fraction of sp³-hybridized carbons (Fsp3) is 0.308. The number of nitrogens with one attached hydrogen (secondary N) is 2. The minimum Gasteiger partial charge on any atom is -0.352 e. The molecule has 0 heterocycles. The maximum absolute atomic E-state index is 13.5. The average molecular weight is 254 g/mol. The van der Waals surface area contributed by atoms with E-state index in [9.17, 15) is 13.6 Å². The van der Waals surface area contributed by atoms with Crippen LogP contribution in [-0.4, -0.2) is 19.0 Å². The van der Waals surface area contributed by atoms with E-state index in [2.05, 4.69) is 17.2 Å². The monoisotopic (exact) mass is 254 g/mol. The molecule has 0 radical (unpaired) electrons. The lowest BCUT2D eigenvalue weighted by Crippen LogP contribution is -2.35. The lowest BCUT2D eigenvalue weighted by molar-refractivity contribution is -0.120. The molecular formula is C13H16F2N2O. The number of hydrogen-bond acceptors (Lipinski definition) is 2. The first-order valence-electron chi connectivity index (χ1n) is 5.61. The van der Waals surface area contributed by atoms with Crippen LogP contribution >= 0.6 is 0 Å². The molecule has 98 valence electrons. The largest absolute Gasteiger partial charge is 0.352 e. The second-order valence-corrected chi connectivity index (χ2v) is 3.84. The van der Waals surface area contributed by atoms with E-state index in [-0.39, 0.29) is 18.0 Å². The molecule has 3 nitrogen and oxygen atoms in total. The van der Waals surface area contributed by atoms with Crippen LogP contribution < -0.4 is 10.6 Å². The maximum atomic E-state index is 13.5. The van der Waals surface area contributed by atoms with Gasteiger partial charge in [-0.05, 0) is 13.0 Å². The molecule has 0 spiro atoms. The van der Waals surface area contributed by atoms with Crippen molar-refractivity contribution >= 4 is 5.91 Å².